The van der Waals surface area contributed by atoms with E-state index >= 15 is 8.78 Å². The van der Waals surface area contributed by atoms with Crippen molar-refractivity contribution in [1.82, 2.24) is 29.7 Å². The Morgan fingerprint density at radius 2 is 1.94 bits per heavy atom. The maximum Gasteiger partial charge on any atom is 0.319 e. The van der Waals surface area contributed by atoms with Crippen LogP contribution in [0.25, 0.3) is 32.9 Å². The van der Waals surface area contributed by atoms with E-state index in [0.29, 0.717) is 49.2 Å². The minimum atomic E-state index is -0.955. The smallest absolute Gasteiger partial charge is 0.319 e. The normalized spacial score (nSPS) is 24.9. The molecule has 282 valence electrons. The summed E-state index contributed by atoms with van der Waals surface area (Å²) in [6.45, 7) is 4.50. The van der Waals surface area contributed by atoms with Crippen LogP contribution in [0.2, 0.25) is 0 Å². The summed E-state index contributed by atoms with van der Waals surface area (Å²) in [5.41, 5.74) is -0.329. The zero-order chi connectivity index (χ0) is 37.4. The van der Waals surface area contributed by atoms with Gasteiger partial charge in [0.2, 0.25) is 5.91 Å². The fraction of sp³-hybridized carbons (Fsp3) is 0.475. The van der Waals surface area contributed by atoms with Crippen LogP contribution in [0.15, 0.2) is 54.7 Å². The summed E-state index contributed by atoms with van der Waals surface area (Å²) >= 11 is 0. The van der Waals surface area contributed by atoms with Gasteiger partial charge in [-0.2, -0.15) is 15.2 Å². The van der Waals surface area contributed by atoms with E-state index in [2.05, 4.69) is 25.8 Å². The molecule has 0 radical (unpaired) electrons. The molecule has 4 atom stereocenters. The van der Waals surface area contributed by atoms with Gasteiger partial charge in [0.05, 0.1) is 35.6 Å². The molecule has 4 saturated heterocycles. The Labute approximate surface area is 312 Å². The lowest BCUT2D eigenvalue weighted by Crippen LogP contribution is -2.55. The lowest BCUT2D eigenvalue weighted by atomic mass is 9.95. The Morgan fingerprint density at radius 3 is 2.76 bits per heavy atom. The number of fused-ring (bicyclic) bond motifs is 3. The molecule has 4 aromatic rings. The van der Waals surface area contributed by atoms with Gasteiger partial charge in [0, 0.05) is 82.6 Å². The number of halogens is 3. The minimum absolute atomic E-state index is 0.0557. The SMILES string of the molecule is CO[C@H]1CCN(C/C=C/C(=O)N2CCN(c3nc(OC[C@@]45CCCN4C[C@H](F)C5)nc4c(F)c(-c5cccc6cccc(F)c56)ncc34)C[C@@H]2CC#N)C1. The van der Waals surface area contributed by atoms with E-state index in [4.69, 9.17) is 14.5 Å². The second-order valence-corrected chi connectivity index (χ2v) is 14.8. The predicted octanol–water partition coefficient (Wildman–Crippen LogP) is 5.29. The lowest BCUT2D eigenvalue weighted by molar-refractivity contribution is -0.128. The molecule has 0 aliphatic carbocycles. The van der Waals surface area contributed by atoms with E-state index in [1.807, 2.05) is 11.0 Å². The van der Waals surface area contributed by atoms with Crippen molar-refractivity contribution in [3.05, 3.63) is 66.4 Å². The first-order valence-corrected chi connectivity index (χ1v) is 18.7. The molecule has 4 aliphatic heterocycles. The Hall–Kier alpha value is -4.84. The van der Waals surface area contributed by atoms with Crippen molar-refractivity contribution in [2.24, 2.45) is 0 Å². The zero-order valence-corrected chi connectivity index (χ0v) is 30.3. The molecule has 4 fully saturated rings. The van der Waals surface area contributed by atoms with E-state index in [0.717, 1.165) is 38.9 Å². The molecule has 54 heavy (non-hydrogen) atoms. The van der Waals surface area contributed by atoms with Crippen molar-refractivity contribution in [1.29, 1.82) is 5.26 Å². The number of piperazine rings is 1. The molecule has 0 spiro atoms. The number of aromatic nitrogens is 3. The molecular weight excluding hydrogens is 697 g/mol. The first-order valence-electron chi connectivity index (χ1n) is 18.7. The number of methoxy groups -OCH3 is 1. The van der Waals surface area contributed by atoms with Crippen LogP contribution in [0.1, 0.15) is 32.1 Å². The van der Waals surface area contributed by atoms with Gasteiger partial charge in [-0.25, -0.2) is 13.2 Å². The van der Waals surface area contributed by atoms with Gasteiger partial charge in [-0.3, -0.25) is 19.6 Å². The number of rotatable bonds is 10. The maximum atomic E-state index is 16.9. The van der Waals surface area contributed by atoms with Gasteiger partial charge in [-0.05, 0) is 37.3 Å². The van der Waals surface area contributed by atoms with Gasteiger partial charge in [0.15, 0.2) is 5.82 Å². The lowest BCUT2D eigenvalue weighted by Gasteiger charge is -2.41. The second kappa shape index (κ2) is 15.1. The Morgan fingerprint density at radius 1 is 1.09 bits per heavy atom. The molecule has 11 nitrogen and oxygen atoms in total. The minimum Gasteiger partial charge on any atom is -0.461 e. The summed E-state index contributed by atoms with van der Waals surface area (Å²) in [7, 11) is 1.71. The average Bonchev–Trinajstić information content (AvgIpc) is 3.88. The fourth-order valence-corrected chi connectivity index (χ4v) is 8.83. The molecule has 6 heterocycles. The van der Waals surface area contributed by atoms with E-state index in [1.54, 1.807) is 48.4 Å². The maximum absolute atomic E-state index is 16.9. The monoisotopic (exact) mass is 740 g/mol. The standard InChI is InChI=1S/C40H43F3N8O3/c1-53-29-12-17-48(24-29)15-4-10-33(52)51-19-18-49(23-28(51)11-14-44)38-31-21-45-36(30-8-2-6-26-7-3-9-32(42)34(26)30)35(43)37(31)46-39(47-38)54-25-40-13-5-16-50(40)22-27(41)20-40/h2-4,6-10,21,27-29H,5,11-13,15-20,22-25H2,1H3/b10-4+/t27-,28+,29+,40+/m1/s1. The molecule has 0 unspecified atom stereocenters. The molecule has 0 bridgehead atoms. The third-order valence-corrected chi connectivity index (χ3v) is 11.6. The van der Waals surface area contributed by atoms with Crippen molar-refractivity contribution in [3.63, 3.8) is 0 Å². The molecule has 2 aromatic heterocycles. The summed E-state index contributed by atoms with van der Waals surface area (Å²) in [5.74, 6) is -1.09. The van der Waals surface area contributed by atoms with E-state index in [-0.39, 0.29) is 59.8 Å². The largest absolute Gasteiger partial charge is 0.461 e. The van der Waals surface area contributed by atoms with E-state index in [9.17, 15) is 14.4 Å². The first kappa shape index (κ1) is 36.2. The summed E-state index contributed by atoms with van der Waals surface area (Å²) < 4.78 is 58.4. The number of hydrogen-bond acceptors (Lipinski definition) is 10. The summed E-state index contributed by atoms with van der Waals surface area (Å²) in [6.07, 6.45) is 7.23. The molecule has 4 aliphatic rings. The number of benzene rings is 2. The highest BCUT2D eigenvalue weighted by Crippen LogP contribution is 2.41. The van der Waals surface area contributed by atoms with Gasteiger partial charge in [-0.15, -0.1) is 0 Å². The van der Waals surface area contributed by atoms with Crippen molar-refractivity contribution in [2.75, 3.05) is 71.0 Å². The van der Waals surface area contributed by atoms with Crippen LogP contribution in [-0.4, -0.2) is 125 Å². The van der Waals surface area contributed by atoms with Crippen LogP contribution in [0.4, 0.5) is 19.0 Å². The molecule has 8 rings (SSSR count). The zero-order valence-electron chi connectivity index (χ0n) is 30.3. The Kier molecular flexibility index (Phi) is 10.1. The highest BCUT2D eigenvalue weighted by molar-refractivity contribution is 5.99. The quantitative estimate of drug-likeness (QED) is 0.199. The molecule has 2 aromatic carbocycles. The van der Waals surface area contributed by atoms with Crippen LogP contribution in [-0.2, 0) is 9.53 Å². The summed E-state index contributed by atoms with van der Waals surface area (Å²) in [5, 5.41) is 10.9. The van der Waals surface area contributed by atoms with Crippen molar-refractivity contribution in [2.45, 2.75) is 56.0 Å². The van der Waals surface area contributed by atoms with Crippen molar-refractivity contribution >= 4 is 33.4 Å². The highest BCUT2D eigenvalue weighted by Gasteiger charge is 2.49. The van der Waals surface area contributed by atoms with Crippen LogP contribution in [0.5, 0.6) is 6.01 Å². The number of hydrogen-bond donors (Lipinski definition) is 0. The summed E-state index contributed by atoms with van der Waals surface area (Å²) in [6, 6.07) is 11.5. The first-order chi connectivity index (χ1) is 26.3. The number of pyridine rings is 1. The second-order valence-electron chi connectivity index (χ2n) is 14.8. The van der Waals surface area contributed by atoms with Crippen LogP contribution < -0.4 is 9.64 Å². The van der Waals surface area contributed by atoms with Gasteiger partial charge in [0.1, 0.15) is 35.6 Å². The Bertz CT molecular complexity index is 2120. The molecule has 1 amide bonds. The van der Waals surface area contributed by atoms with Crippen LogP contribution >= 0.6 is 0 Å². The number of ether oxygens (including phenoxy) is 2. The number of carbonyl (C=O) groups excluding carboxylic acids is 1. The number of nitriles is 1. The highest BCUT2D eigenvalue weighted by atomic mass is 19.1. The van der Waals surface area contributed by atoms with Crippen molar-refractivity contribution in [3.8, 4) is 23.3 Å². The predicted molar refractivity (Wildman–Crippen MR) is 198 cm³/mol. The van der Waals surface area contributed by atoms with Crippen molar-refractivity contribution < 1.29 is 27.4 Å². The number of likely N-dealkylation sites (tertiary alicyclic amines) is 1. The molecule has 14 heteroatoms. The number of nitrogens with zero attached hydrogens (tertiary/aromatic N) is 8. The van der Waals surface area contributed by atoms with Gasteiger partial charge < -0.3 is 19.3 Å². The van der Waals surface area contributed by atoms with Crippen LogP contribution in [0, 0.1) is 23.0 Å². The van der Waals surface area contributed by atoms with E-state index < -0.39 is 29.4 Å². The number of carbonyl (C=O) groups is 1. The Balaban J connectivity index is 1.12. The molecule has 0 N–H and O–H groups in total. The average molecular weight is 741 g/mol. The fourth-order valence-electron chi connectivity index (χ4n) is 8.83. The third-order valence-electron chi connectivity index (χ3n) is 11.6. The van der Waals surface area contributed by atoms with Crippen LogP contribution in [0.3, 0.4) is 0 Å². The number of alkyl halides is 1. The van der Waals surface area contributed by atoms with Gasteiger partial charge >= 0.3 is 6.01 Å². The topological polar surface area (TPSA) is 111 Å². The summed E-state index contributed by atoms with van der Waals surface area (Å²) in [4.78, 5) is 35.3. The number of amides is 1. The van der Waals surface area contributed by atoms with Gasteiger partial charge in [-0.1, -0.05) is 36.4 Å². The molecular formula is C40H43F3N8O3. The number of anilines is 1. The molecule has 0 saturated carbocycles. The van der Waals surface area contributed by atoms with Gasteiger partial charge in [0.25, 0.3) is 0 Å². The third kappa shape index (κ3) is 6.85. The van der Waals surface area contributed by atoms with E-state index in [1.165, 1.54) is 12.3 Å².